The van der Waals surface area contributed by atoms with E-state index in [-0.39, 0.29) is 5.56 Å². The topological polar surface area (TPSA) is 99.9 Å². The van der Waals surface area contributed by atoms with E-state index in [1.54, 1.807) is 48.5 Å². The minimum Gasteiger partial charge on any atom is -0.497 e. The fourth-order valence-corrected chi connectivity index (χ4v) is 3.13. The Kier molecular flexibility index (Phi) is 6.03. The predicted molar refractivity (Wildman–Crippen MR) is 118 cm³/mol. The summed E-state index contributed by atoms with van der Waals surface area (Å²) >= 11 is 0. The first-order chi connectivity index (χ1) is 15.6. The predicted octanol–water partition coefficient (Wildman–Crippen LogP) is 4.31. The number of methoxy groups -OCH3 is 2. The first-order valence-corrected chi connectivity index (χ1v) is 9.73. The largest absolute Gasteiger partial charge is 0.497 e. The summed E-state index contributed by atoms with van der Waals surface area (Å²) in [6, 6.07) is 19.0. The molecule has 0 saturated carbocycles. The molecule has 162 valence electrons. The van der Waals surface area contributed by atoms with E-state index in [4.69, 9.17) is 18.6 Å². The number of anilines is 1. The number of esters is 1. The van der Waals surface area contributed by atoms with Crippen LogP contribution in [0.15, 0.2) is 71.1 Å². The quantitative estimate of drug-likeness (QED) is 0.435. The van der Waals surface area contributed by atoms with E-state index in [0.29, 0.717) is 39.7 Å². The molecule has 0 saturated heterocycles. The van der Waals surface area contributed by atoms with Gasteiger partial charge in [0.2, 0.25) is 5.89 Å². The number of nitrogens with zero attached hydrogens (tertiary/aromatic N) is 1. The van der Waals surface area contributed by atoms with Crippen LogP contribution in [-0.2, 0) is 9.53 Å². The molecule has 8 heteroatoms. The van der Waals surface area contributed by atoms with E-state index >= 15 is 0 Å². The summed E-state index contributed by atoms with van der Waals surface area (Å²) in [4.78, 5) is 29.5. The third-order valence-electron chi connectivity index (χ3n) is 4.69. The van der Waals surface area contributed by atoms with Crippen molar-refractivity contribution in [2.24, 2.45) is 0 Å². The summed E-state index contributed by atoms with van der Waals surface area (Å²) < 4.78 is 21.4. The number of nitrogens with one attached hydrogen (secondary N) is 1. The van der Waals surface area contributed by atoms with Gasteiger partial charge in [-0.05, 0) is 36.4 Å². The lowest BCUT2D eigenvalue weighted by Gasteiger charge is -2.12. The Labute approximate surface area is 183 Å². The molecule has 1 N–H and O–H groups in total. The van der Waals surface area contributed by atoms with Gasteiger partial charge in [-0.1, -0.05) is 24.3 Å². The van der Waals surface area contributed by atoms with E-state index in [1.807, 2.05) is 18.2 Å². The SMILES string of the molecule is COc1ccc(NC(=O)COC(=O)c2ccccc2-c2nc3ccccc3o2)c(OC)c1. The third-order valence-corrected chi connectivity index (χ3v) is 4.69. The lowest BCUT2D eigenvalue weighted by Crippen LogP contribution is -2.21. The Bertz CT molecular complexity index is 1250. The van der Waals surface area contributed by atoms with Gasteiger partial charge in [-0.25, -0.2) is 9.78 Å². The van der Waals surface area contributed by atoms with Gasteiger partial charge in [-0.2, -0.15) is 0 Å². The lowest BCUT2D eigenvalue weighted by molar-refractivity contribution is -0.119. The van der Waals surface area contributed by atoms with Crippen molar-refractivity contribution in [1.29, 1.82) is 0 Å². The number of carbonyl (C=O) groups excluding carboxylic acids is 2. The minimum absolute atomic E-state index is 0.244. The molecule has 1 aromatic heterocycles. The van der Waals surface area contributed by atoms with Gasteiger partial charge in [0.15, 0.2) is 12.2 Å². The highest BCUT2D eigenvalue weighted by Crippen LogP contribution is 2.29. The van der Waals surface area contributed by atoms with E-state index in [1.165, 1.54) is 14.2 Å². The summed E-state index contributed by atoms with van der Waals surface area (Å²) in [7, 11) is 3.01. The molecule has 0 spiro atoms. The van der Waals surface area contributed by atoms with Crippen LogP contribution in [0.2, 0.25) is 0 Å². The molecule has 1 heterocycles. The number of hydrogen-bond acceptors (Lipinski definition) is 7. The molecule has 0 fully saturated rings. The highest BCUT2D eigenvalue weighted by molar-refractivity contribution is 5.99. The Morgan fingerprint density at radius 1 is 0.969 bits per heavy atom. The number of aromatic nitrogens is 1. The first-order valence-electron chi connectivity index (χ1n) is 9.73. The Morgan fingerprint density at radius 3 is 2.53 bits per heavy atom. The molecule has 0 atom stereocenters. The summed E-state index contributed by atoms with van der Waals surface area (Å²) in [5.74, 6) is 0.124. The monoisotopic (exact) mass is 432 g/mol. The molecule has 32 heavy (non-hydrogen) atoms. The molecule has 0 aliphatic rings. The summed E-state index contributed by atoms with van der Waals surface area (Å²) in [6.07, 6.45) is 0. The van der Waals surface area contributed by atoms with Gasteiger partial charge in [0.05, 0.1) is 31.0 Å². The Hall–Kier alpha value is -4.33. The number of oxazole rings is 1. The molecular weight excluding hydrogens is 412 g/mol. The van der Waals surface area contributed by atoms with Gasteiger partial charge in [0.25, 0.3) is 5.91 Å². The summed E-state index contributed by atoms with van der Waals surface area (Å²) in [5, 5.41) is 2.66. The van der Waals surface area contributed by atoms with Gasteiger partial charge in [-0.15, -0.1) is 0 Å². The normalized spacial score (nSPS) is 10.6. The van der Waals surface area contributed by atoms with Crippen molar-refractivity contribution in [2.45, 2.75) is 0 Å². The van der Waals surface area contributed by atoms with E-state index in [2.05, 4.69) is 10.3 Å². The summed E-state index contributed by atoms with van der Waals surface area (Å²) in [5.41, 5.74) is 2.44. The van der Waals surface area contributed by atoms with Crippen LogP contribution in [0.4, 0.5) is 5.69 Å². The maximum absolute atomic E-state index is 12.7. The highest BCUT2D eigenvalue weighted by Gasteiger charge is 2.19. The van der Waals surface area contributed by atoms with Crippen molar-refractivity contribution in [3.05, 3.63) is 72.3 Å². The van der Waals surface area contributed by atoms with Gasteiger partial charge >= 0.3 is 5.97 Å². The van der Waals surface area contributed by atoms with Crippen molar-refractivity contribution in [1.82, 2.24) is 4.98 Å². The molecule has 0 radical (unpaired) electrons. The number of rotatable bonds is 7. The molecule has 8 nitrogen and oxygen atoms in total. The number of benzene rings is 3. The minimum atomic E-state index is -0.667. The number of carbonyl (C=O) groups is 2. The zero-order valence-electron chi connectivity index (χ0n) is 17.5. The number of hydrogen-bond donors (Lipinski definition) is 1. The van der Waals surface area contributed by atoms with Crippen molar-refractivity contribution in [2.75, 3.05) is 26.1 Å². The number of fused-ring (bicyclic) bond motifs is 1. The van der Waals surface area contributed by atoms with Gasteiger partial charge in [0, 0.05) is 6.07 Å². The average molecular weight is 432 g/mol. The van der Waals surface area contributed by atoms with Crippen molar-refractivity contribution >= 4 is 28.7 Å². The molecule has 0 aliphatic carbocycles. The van der Waals surface area contributed by atoms with Crippen LogP contribution in [0.1, 0.15) is 10.4 Å². The zero-order valence-corrected chi connectivity index (χ0v) is 17.5. The highest BCUT2D eigenvalue weighted by atomic mass is 16.5. The van der Waals surface area contributed by atoms with Crippen molar-refractivity contribution in [3.63, 3.8) is 0 Å². The maximum atomic E-state index is 12.7. The molecule has 0 unspecified atom stereocenters. The molecule has 0 aliphatic heterocycles. The molecular formula is C24H20N2O6. The fourth-order valence-electron chi connectivity index (χ4n) is 3.13. The van der Waals surface area contributed by atoms with Gasteiger partial charge in [0.1, 0.15) is 17.0 Å². The van der Waals surface area contributed by atoms with Crippen molar-refractivity contribution in [3.8, 4) is 23.0 Å². The third kappa shape index (κ3) is 4.39. The van der Waals surface area contributed by atoms with Crippen LogP contribution < -0.4 is 14.8 Å². The second-order valence-electron chi connectivity index (χ2n) is 6.72. The molecule has 0 bridgehead atoms. The lowest BCUT2D eigenvalue weighted by atomic mass is 10.1. The molecule has 1 amide bonds. The van der Waals surface area contributed by atoms with E-state index in [0.717, 1.165) is 0 Å². The van der Waals surface area contributed by atoms with Gasteiger partial charge in [-0.3, -0.25) is 4.79 Å². The van der Waals surface area contributed by atoms with Crippen LogP contribution in [0.3, 0.4) is 0 Å². The van der Waals surface area contributed by atoms with Crippen LogP contribution in [-0.4, -0.2) is 37.7 Å². The molecule has 3 aromatic carbocycles. The van der Waals surface area contributed by atoms with E-state index in [9.17, 15) is 9.59 Å². The molecule has 4 aromatic rings. The average Bonchev–Trinajstić information content (AvgIpc) is 3.27. The van der Waals surface area contributed by atoms with Crippen LogP contribution in [0.5, 0.6) is 11.5 Å². The van der Waals surface area contributed by atoms with Crippen LogP contribution in [0.25, 0.3) is 22.6 Å². The number of para-hydroxylation sites is 2. The van der Waals surface area contributed by atoms with Crippen LogP contribution >= 0.6 is 0 Å². The molecule has 4 rings (SSSR count). The second kappa shape index (κ2) is 9.22. The first kappa shape index (κ1) is 20.9. The van der Waals surface area contributed by atoms with Crippen LogP contribution in [0, 0.1) is 0 Å². The Balaban J connectivity index is 1.46. The second-order valence-corrected chi connectivity index (χ2v) is 6.72. The Morgan fingerprint density at radius 2 is 1.75 bits per heavy atom. The fraction of sp³-hybridized carbons (Fsp3) is 0.125. The standard InChI is InChI=1S/C24H20N2O6/c1-29-15-11-12-19(21(13-15)30-2)25-22(27)14-31-24(28)17-8-4-3-7-16(17)23-26-18-9-5-6-10-20(18)32-23/h3-13H,14H2,1-2H3,(H,25,27). The number of ether oxygens (including phenoxy) is 3. The maximum Gasteiger partial charge on any atom is 0.339 e. The van der Waals surface area contributed by atoms with Gasteiger partial charge < -0.3 is 23.9 Å². The number of amides is 1. The van der Waals surface area contributed by atoms with Crippen molar-refractivity contribution < 1.29 is 28.2 Å². The van der Waals surface area contributed by atoms with E-state index < -0.39 is 18.5 Å². The summed E-state index contributed by atoms with van der Waals surface area (Å²) in [6.45, 7) is -0.476. The zero-order chi connectivity index (χ0) is 22.5. The smallest absolute Gasteiger partial charge is 0.339 e.